The standard InChI is InChI=1S/C12H19N5/c1-7(2)10-4-11(16-12(13)15-10)17-6-8-3-9(17)5-14-8/h4,7-9,14H,3,5-6H2,1-2H3,(H2,13,15,16)/t8-,9-/m0/s1. The lowest BCUT2D eigenvalue weighted by Crippen LogP contribution is -2.44. The lowest BCUT2D eigenvalue weighted by atomic mass is 10.1. The predicted molar refractivity (Wildman–Crippen MR) is 68.1 cm³/mol. The molecule has 2 atom stereocenters. The van der Waals surface area contributed by atoms with E-state index in [0.29, 0.717) is 23.9 Å². The molecule has 5 heteroatoms. The highest BCUT2D eigenvalue weighted by molar-refractivity contribution is 5.47. The van der Waals surface area contributed by atoms with Crippen LogP contribution in [-0.2, 0) is 0 Å². The summed E-state index contributed by atoms with van der Waals surface area (Å²) in [7, 11) is 0. The SMILES string of the molecule is CC(C)c1cc(N2C[C@@H]3C[C@H]2CN3)nc(N)n1. The van der Waals surface area contributed by atoms with Crippen LogP contribution in [0, 0.1) is 0 Å². The zero-order chi connectivity index (χ0) is 12.0. The predicted octanol–water partition coefficient (Wildman–Crippen LogP) is 0.733. The minimum atomic E-state index is 0.386. The van der Waals surface area contributed by atoms with Crippen molar-refractivity contribution in [1.29, 1.82) is 0 Å². The molecule has 2 bridgehead atoms. The molecule has 2 fully saturated rings. The summed E-state index contributed by atoms with van der Waals surface area (Å²) >= 11 is 0. The molecule has 0 saturated carbocycles. The molecule has 3 rings (SSSR count). The van der Waals surface area contributed by atoms with Crippen LogP contribution in [0.1, 0.15) is 31.9 Å². The van der Waals surface area contributed by atoms with Gasteiger partial charge in [0.25, 0.3) is 0 Å². The monoisotopic (exact) mass is 233 g/mol. The van der Waals surface area contributed by atoms with Gasteiger partial charge in [0.1, 0.15) is 5.82 Å². The molecule has 0 radical (unpaired) electrons. The fraction of sp³-hybridized carbons (Fsp3) is 0.667. The maximum atomic E-state index is 5.80. The second-order valence-corrected chi connectivity index (χ2v) is 5.31. The van der Waals surface area contributed by atoms with Gasteiger partial charge in [-0.3, -0.25) is 0 Å². The molecule has 92 valence electrons. The molecule has 2 saturated heterocycles. The van der Waals surface area contributed by atoms with Gasteiger partial charge in [-0.15, -0.1) is 0 Å². The first-order valence-corrected chi connectivity index (χ1v) is 6.28. The average Bonchev–Trinajstić information content (AvgIpc) is 2.89. The number of anilines is 2. The molecule has 2 aliphatic heterocycles. The Kier molecular flexibility index (Phi) is 2.43. The minimum Gasteiger partial charge on any atom is -0.368 e. The van der Waals surface area contributed by atoms with Crippen LogP contribution in [0.3, 0.4) is 0 Å². The van der Waals surface area contributed by atoms with Gasteiger partial charge >= 0.3 is 0 Å². The summed E-state index contributed by atoms with van der Waals surface area (Å²) in [4.78, 5) is 11.0. The van der Waals surface area contributed by atoms with Crippen LogP contribution in [0.25, 0.3) is 0 Å². The topological polar surface area (TPSA) is 67.1 Å². The van der Waals surface area contributed by atoms with Gasteiger partial charge < -0.3 is 16.0 Å². The zero-order valence-electron chi connectivity index (χ0n) is 10.3. The lowest BCUT2D eigenvalue weighted by molar-refractivity contribution is 0.575. The molecule has 5 nitrogen and oxygen atoms in total. The molecule has 0 amide bonds. The average molecular weight is 233 g/mol. The van der Waals surface area contributed by atoms with Crippen LogP contribution in [0.5, 0.6) is 0 Å². The number of hydrogen-bond acceptors (Lipinski definition) is 5. The number of hydrogen-bond donors (Lipinski definition) is 2. The fourth-order valence-corrected chi connectivity index (χ4v) is 2.76. The molecule has 2 aliphatic rings. The number of nitrogens with two attached hydrogens (primary N) is 1. The van der Waals surface area contributed by atoms with Crippen molar-refractivity contribution in [2.24, 2.45) is 0 Å². The summed E-state index contributed by atoms with van der Waals surface area (Å²) in [5.74, 6) is 1.77. The summed E-state index contributed by atoms with van der Waals surface area (Å²) in [6.45, 7) is 6.36. The number of fused-ring (bicyclic) bond motifs is 2. The maximum Gasteiger partial charge on any atom is 0.222 e. The van der Waals surface area contributed by atoms with Crippen LogP contribution in [0.15, 0.2) is 6.07 Å². The van der Waals surface area contributed by atoms with Crippen molar-refractivity contribution in [1.82, 2.24) is 15.3 Å². The quantitative estimate of drug-likeness (QED) is 0.788. The number of aromatic nitrogens is 2. The van der Waals surface area contributed by atoms with Crippen molar-refractivity contribution in [3.8, 4) is 0 Å². The largest absolute Gasteiger partial charge is 0.368 e. The number of nitrogens with one attached hydrogen (secondary N) is 1. The van der Waals surface area contributed by atoms with Gasteiger partial charge in [-0.1, -0.05) is 13.8 Å². The van der Waals surface area contributed by atoms with E-state index in [2.05, 4.69) is 40.1 Å². The van der Waals surface area contributed by atoms with Gasteiger partial charge in [0.05, 0.1) is 5.69 Å². The molecule has 1 aromatic rings. The number of nitrogen functional groups attached to an aromatic ring is 1. The minimum absolute atomic E-state index is 0.386. The van der Waals surface area contributed by atoms with E-state index in [1.165, 1.54) is 6.42 Å². The highest BCUT2D eigenvalue weighted by atomic mass is 15.3. The molecular formula is C12H19N5. The Hall–Kier alpha value is -1.36. The third kappa shape index (κ3) is 1.84. The lowest BCUT2D eigenvalue weighted by Gasteiger charge is -2.29. The summed E-state index contributed by atoms with van der Waals surface area (Å²) in [6, 6.07) is 3.29. The summed E-state index contributed by atoms with van der Waals surface area (Å²) in [6.07, 6.45) is 1.22. The first-order valence-electron chi connectivity index (χ1n) is 6.28. The number of piperazine rings is 1. The van der Waals surface area contributed by atoms with E-state index in [0.717, 1.165) is 24.6 Å². The fourth-order valence-electron chi connectivity index (χ4n) is 2.76. The highest BCUT2D eigenvalue weighted by Crippen LogP contribution is 2.29. The Labute approximate surface area is 101 Å². The van der Waals surface area contributed by atoms with Crippen molar-refractivity contribution >= 4 is 11.8 Å². The first-order chi connectivity index (χ1) is 8.13. The van der Waals surface area contributed by atoms with E-state index in [1.807, 2.05) is 0 Å². The zero-order valence-corrected chi connectivity index (χ0v) is 10.3. The Morgan fingerprint density at radius 1 is 1.47 bits per heavy atom. The Bertz CT molecular complexity index is 431. The van der Waals surface area contributed by atoms with Crippen LogP contribution in [-0.4, -0.2) is 35.1 Å². The van der Waals surface area contributed by atoms with Crippen molar-refractivity contribution < 1.29 is 0 Å². The van der Waals surface area contributed by atoms with Crippen LogP contribution in [0.4, 0.5) is 11.8 Å². The van der Waals surface area contributed by atoms with Crippen molar-refractivity contribution in [2.75, 3.05) is 23.7 Å². The van der Waals surface area contributed by atoms with Gasteiger partial charge in [0, 0.05) is 31.2 Å². The molecule has 0 aliphatic carbocycles. The van der Waals surface area contributed by atoms with Crippen molar-refractivity contribution in [3.63, 3.8) is 0 Å². The maximum absolute atomic E-state index is 5.80. The molecule has 3 N–H and O–H groups in total. The second-order valence-electron chi connectivity index (χ2n) is 5.31. The molecule has 17 heavy (non-hydrogen) atoms. The smallest absolute Gasteiger partial charge is 0.222 e. The normalized spacial score (nSPS) is 27.1. The summed E-state index contributed by atoms with van der Waals surface area (Å²) < 4.78 is 0. The Morgan fingerprint density at radius 3 is 2.88 bits per heavy atom. The van der Waals surface area contributed by atoms with E-state index < -0.39 is 0 Å². The molecule has 3 heterocycles. The molecule has 1 aromatic heterocycles. The Morgan fingerprint density at radius 2 is 2.29 bits per heavy atom. The van der Waals surface area contributed by atoms with Crippen LogP contribution in [0.2, 0.25) is 0 Å². The van der Waals surface area contributed by atoms with Crippen molar-refractivity contribution in [3.05, 3.63) is 11.8 Å². The van der Waals surface area contributed by atoms with Crippen LogP contribution >= 0.6 is 0 Å². The van der Waals surface area contributed by atoms with E-state index in [4.69, 9.17) is 5.73 Å². The van der Waals surface area contributed by atoms with E-state index in [1.54, 1.807) is 0 Å². The van der Waals surface area contributed by atoms with Gasteiger partial charge in [-0.2, -0.15) is 4.98 Å². The van der Waals surface area contributed by atoms with Gasteiger partial charge in [0.2, 0.25) is 5.95 Å². The van der Waals surface area contributed by atoms with Gasteiger partial charge in [-0.05, 0) is 12.3 Å². The highest BCUT2D eigenvalue weighted by Gasteiger charge is 2.38. The van der Waals surface area contributed by atoms with Crippen LogP contribution < -0.4 is 16.0 Å². The molecule has 0 spiro atoms. The van der Waals surface area contributed by atoms with Gasteiger partial charge in [0.15, 0.2) is 0 Å². The third-order valence-electron chi connectivity index (χ3n) is 3.69. The van der Waals surface area contributed by atoms with Gasteiger partial charge in [-0.25, -0.2) is 4.98 Å². The summed E-state index contributed by atoms with van der Waals surface area (Å²) in [5.41, 5.74) is 6.83. The molecule has 0 unspecified atom stereocenters. The number of rotatable bonds is 2. The van der Waals surface area contributed by atoms with E-state index in [9.17, 15) is 0 Å². The second kappa shape index (κ2) is 3.84. The third-order valence-corrected chi connectivity index (χ3v) is 3.69. The summed E-state index contributed by atoms with van der Waals surface area (Å²) in [5, 5.41) is 3.49. The van der Waals surface area contributed by atoms with Crippen molar-refractivity contribution in [2.45, 2.75) is 38.3 Å². The van der Waals surface area contributed by atoms with E-state index in [-0.39, 0.29) is 0 Å². The molecular weight excluding hydrogens is 214 g/mol. The first kappa shape index (κ1) is 10.8. The Balaban J connectivity index is 1.92. The van der Waals surface area contributed by atoms with E-state index >= 15 is 0 Å². The molecule has 0 aromatic carbocycles. The number of nitrogens with zero attached hydrogens (tertiary/aromatic N) is 3.